The van der Waals surface area contributed by atoms with Crippen molar-refractivity contribution in [2.75, 3.05) is 24.5 Å². The number of carbonyl (C=O) groups is 3. The molecule has 1 aromatic heterocycles. The van der Waals surface area contributed by atoms with E-state index < -0.39 is 11.9 Å². The van der Waals surface area contributed by atoms with Crippen molar-refractivity contribution in [3.63, 3.8) is 0 Å². The van der Waals surface area contributed by atoms with Crippen LogP contribution in [0.3, 0.4) is 0 Å². The summed E-state index contributed by atoms with van der Waals surface area (Å²) in [7, 11) is 0. The standard InChI is InChI=1S/C30H30FN3O2.C2H2O4/c31-24-13-14-25-28(20-24)36-32-30(25)23-15-18-33(19-16-23)17-5-10-29(35)34-26-8-3-1-6-21(26)11-12-22-7-2-4-9-27(22)34;3-1(4)2(5)6/h1-4,6-9,13-14,20,23H,5,10-12,15-19H2;(H,3,4)(H,5,6). The Morgan fingerprint density at radius 2 is 1.48 bits per heavy atom. The van der Waals surface area contributed by atoms with E-state index in [2.05, 4.69) is 46.5 Å². The molecule has 0 atom stereocenters. The molecule has 0 unspecified atom stereocenters. The molecule has 1 saturated heterocycles. The largest absolute Gasteiger partial charge is 0.473 e. The molecular weight excluding hydrogens is 541 g/mol. The maximum Gasteiger partial charge on any atom is 0.414 e. The number of aryl methyl sites for hydroxylation is 2. The summed E-state index contributed by atoms with van der Waals surface area (Å²) < 4.78 is 18.9. The molecule has 1 fully saturated rings. The Kier molecular flexibility index (Phi) is 8.92. The Morgan fingerprint density at radius 3 is 2.07 bits per heavy atom. The number of hydrogen-bond acceptors (Lipinski definition) is 6. The lowest BCUT2D eigenvalue weighted by molar-refractivity contribution is -0.159. The SMILES string of the molecule is O=C(CCCN1CCC(c2noc3cc(F)ccc23)CC1)N1c2ccccc2CCc2ccccc21.O=C(O)C(=O)O. The molecular formula is C32H32FN3O6. The zero-order chi connectivity index (χ0) is 29.6. The maximum absolute atomic E-state index is 13.5. The number of halogens is 1. The molecule has 0 saturated carbocycles. The fraction of sp³-hybridized carbons (Fsp3) is 0.312. The third-order valence-electron chi connectivity index (χ3n) is 7.86. The summed E-state index contributed by atoms with van der Waals surface area (Å²) in [6, 6.07) is 21.2. The first-order chi connectivity index (χ1) is 20.3. The molecule has 4 aromatic rings. The monoisotopic (exact) mass is 573 g/mol. The van der Waals surface area contributed by atoms with Crippen LogP contribution in [0.15, 0.2) is 71.3 Å². The zero-order valence-electron chi connectivity index (χ0n) is 23.0. The average molecular weight is 574 g/mol. The van der Waals surface area contributed by atoms with Gasteiger partial charge in [-0.25, -0.2) is 14.0 Å². The van der Waals surface area contributed by atoms with E-state index in [-0.39, 0.29) is 11.7 Å². The van der Waals surface area contributed by atoms with E-state index >= 15 is 0 Å². The number of benzene rings is 3. The number of aliphatic carboxylic acids is 2. The summed E-state index contributed by atoms with van der Waals surface area (Å²) in [5.74, 6) is -3.47. The van der Waals surface area contributed by atoms with Gasteiger partial charge in [-0.3, -0.25) is 9.69 Å². The summed E-state index contributed by atoms with van der Waals surface area (Å²) in [5.41, 5.74) is 5.96. The van der Waals surface area contributed by atoms with E-state index in [0.717, 1.165) is 74.2 Å². The highest BCUT2D eigenvalue weighted by Gasteiger charge is 2.27. The first-order valence-corrected chi connectivity index (χ1v) is 14.0. The topological polar surface area (TPSA) is 124 Å². The first-order valence-electron chi connectivity index (χ1n) is 14.0. The highest BCUT2D eigenvalue weighted by Crippen LogP contribution is 2.37. The quantitative estimate of drug-likeness (QED) is 0.298. The van der Waals surface area contributed by atoms with Crippen LogP contribution in [0.5, 0.6) is 0 Å². The summed E-state index contributed by atoms with van der Waals surface area (Å²) in [6.45, 7) is 2.83. The summed E-state index contributed by atoms with van der Waals surface area (Å²) in [6.07, 6.45) is 5.21. The highest BCUT2D eigenvalue weighted by atomic mass is 19.1. The number of carbonyl (C=O) groups excluding carboxylic acids is 1. The highest BCUT2D eigenvalue weighted by molar-refractivity contribution is 6.27. The van der Waals surface area contributed by atoms with E-state index in [1.807, 2.05) is 17.0 Å². The van der Waals surface area contributed by atoms with Crippen molar-refractivity contribution in [2.24, 2.45) is 0 Å². The molecule has 2 N–H and O–H groups in total. The van der Waals surface area contributed by atoms with Gasteiger partial charge in [0.15, 0.2) is 5.58 Å². The number of para-hydroxylation sites is 2. The molecule has 9 nitrogen and oxygen atoms in total. The Hall–Kier alpha value is -4.57. The molecule has 2 aliphatic rings. The number of likely N-dealkylation sites (tertiary alicyclic amines) is 1. The van der Waals surface area contributed by atoms with Crippen LogP contribution >= 0.6 is 0 Å². The number of fused-ring (bicyclic) bond motifs is 3. The van der Waals surface area contributed by atoms with Crippen LogP contribution in [-0.4, -0.2) is 57.7 Å². The van der Waals surface area contributed by atoms with E-state index in [1.165, 1.54) is 23.3 Å². The number of rotatable bonds is 5. The molecule has 0 bridgehead atoms. The molecule has 218 valence electrons. The predicted octanol–water partition coefficient (Wildman–Crippen LogP) is 5.55. The van der Waals surface area contributed by atoms with Crippen LogP contribution in [0.25, 0.3) is 11.0 Å². The van der Waals surface area contributed by atoms with Crippen molar-refractivity contribution in [1.82, 2.24) is 10.1 Å². The molecule has 6 rings (SSSR count). The maximum atomic E-state index is 13.5. The Bertz CT molecular complexity index is 1530. The van der Waals surface area contributed by atoms with Gasteiger partial charge in [0.05, 0.1) is 17.1 Å². The van der Waals surface area contributed by atoms with Crippen LogP contribution in [0, 0.1) is 5.82 Å². The average Bonchev–Trinajstić information content (AvgIpc) is 3.32. The second-order valence-corrected chi connectivity index (χ2v) is 10.5. The summed E-state index contributed by atoms with van der Waals surface area (Å²) in [5, 5.41) is 20.0. The van der Waals surface area contributed by atoms with Crippen molar-refractivity contribution in [2.45, 2.75) is 44.4 Å². The van der Waals surface area contributed by atoms with Crippen LogP contribution in [0.4, 0.5) is 15.8 Å². The van der Waals surface area contributed by atoms with Crippen molar-refractivity contribution in [3.05, 3.63) is 89.4 Å². The number of carboxylic acids is 2. The van der Waals surface area contributed by atoms with Gasteiger partial charge in [-0.15, -0.1) is 0 Å². The molecule has 0 spiro atoms. The van der Waals surface area contributed by atoms with E-state index in [1.54, 1.807) is 6.07 Å². The minimum atomic E-state index is -1.82. The number of piperidine rings is 1. The lowest BCUT2D eigenvalue weighted by Crippen LogP contribution is -2.34. The van der Waals surface area contributed by atoms with Gasteiger partial charge < -0.3 is 19.6 Å². The number of aromatic nitrogens is 1. The van der Waals surface area contributed by atoms with Crippen molar-refractivity contribution in [3.8, 4) is 0 Å². The molecule has 3 heterocycles. The van der Waals surface area contributed by atoms with Crippen molar-refractivity contribution < 1.29 is 33.5 Å². The Morgan fingerprint density at radius 1 is 0.881 bits per heavy atom. The van der Waals surface area contributed by atoms with Crippen LogP contribution < -0.4 is 4.90 Å². The van der Waals surface area contributed by atoms with E-state index in [0.29, 0.717) is 17.9 Å². The molecule has 0 radical (unpaired) electrons. The van der Waals surface area contributed by atoms with Gasteiger partial charge in [-0.1, -0.05) is 41.6 Å². The van der Waals surface area contributed by atoms with E-state index in [9.17, 15) is 9.18 Å². The molecule has 2 aliphatic heterocycles. The van der Waals surface area contributed by atoms with Gasteiger partial charge in [0, 0.05) is 23.8 Å². The summed E-state index contributed by atoms with van der Waals surface area (Å²) >= 11 is 0. The number of amides is 1. The third kappa shape index (κ3) is 6.49. The normalized spacial score (nSPS) is 15.2. The fourth-order valence-electron chi connectivity index (χ4n) is 5.77. The second-order valence-electron chi connectivity index (χ2n) is 10.5. The fourth-order valence-corrected chi connectivity index (χ4v) is 5.77. The van der Waals surface area contributed by atoms with Gasteiger partial charge in [-0.2, -0.15) is 0 Å². The van der Waals surface area contributed by atoms with Gasteiger partial charge in [0.1, 0.15) is 5.82 Å². The minimum absolute atomic E-state index is 0.160. The Balaban J connectivity index is 0.000000535. The predicted molar refractivity (Wildman–Crippen MR) is 154 cm³/mol. The summed E-state index contributed by atoms with van der Waals surface area (Å²) in [4.78, 5) is 36.1. The molecule has 0 aliphatic carbocycles. The van der Waals surface area contributed by atoms with Gasteiger partial charge in [-0.05, 0) is 87.1 Å². The lowest BCUT2D eigenvalue weighted by Gasteiger charge is -2.31. The number of carboxylic acid groups (broad SMARTS) is 2. The smallest absolute Gasteiger partial charge is 0.414 e. The molecule has 3 aromatic carbocycles. The lowest BCUT2D eigenvalue weighted by atomic mass is 9.91. The minimum Gasteiger partial charge on any atom is -0.473 e. The van der Waals surface area contributed by atoms with Crippen LogP contribution in [0.2, 0.25) is 0 Å². The van der Waals surface area contributed by atoms with Gasteiger partial charge in [0.25, 0.3) is 0 Å². The van der Waals surface area contributed by atoms with Gasteiger partial charge in [0.2, 0.25) is 5.91 Å². The number of nitrogens with zero attached hydrogens (tertiary/aromatic N) is 3. The number of hydrogen-bond donors (Lipinski definition) is 2. The van der Waals surface area contributed by atoms with Crippen molar-refractivity contribution >= 4 is 40.2 Å². The van der Waals surface area contributed by atoms with Crippen LogP contribution in [-0.2, 0) is 27.2 Å². The molecule has 42 heavy (non-hydrogen) atoms. The third-order valence-corrected chi connectivity index (χ3v) is 7.86. The van der Waals surface area contributed by atoms with E-state index in [4.69, 9.17) is 24.3 Å². The number of anilines is 2. The first kappa shape index (κ1) is 28.9. The van der Waals surface area contributed by atoms with Crippen molar-refractivity contribution in [1.29, 1.82) is 0 Å². The Labute approximate surface area is 242 Å². The molecule has 1 amide bonds. The zero-order valence-corrected chi connectivity index (χ0v) is 23.0. The van der Waals surface area contributed by atoms with Gasteiger partial charge >= 0.3 is 11.9 Å². The second kappa shape index (κ2) is 12.9. The molecule has 10 heteroatoms. The van der Waals surface area contributed by atoms with Crippen LogP contribution in [0.1, 0.15) is 48.4 Å².